The van der Waals surface area contributed by atoms with Gasteiger partial charge in [0.2, 0.25) is 0 Å². The smallest absolute Gasteiger partial charge is 0.00864 e. The van der Waals surface area contributed by atoms with Crippen LogP contribution in [0.5, 0.6) is 0 Å². The predicted octanol–water partition coefficient (Wildman–Crippen LogP) is 4.02. The zero-order valence-electron chi connectivity index (χ0n) is 8.62. The topological polar surface area (TPSA) is 0 Å². The molecule has 0 amide bonds. The summed E-state index contributed by atoms with van der Waals surface area (Å²) >= 11 is 0. The third kappa shape index (κ3) is 1.94. The van der Waals surface area contributed by atoms with Crippen LogP contribution < -0.4 is 0 Å². The van der Waals surface area contributed by atoms with Crippen molar-refractivity contribution in [3.63, 3.8) is 0 Å². The van der Waals surface area contributed by atoms with Crippen molar-refractivity contribution in [1.29, 1.82) is 0 Å². The SMILES string of the molecule is CC(C)(C)[P@]1C[C@@H]1c1ccccc1. The van der Waals surface area contributed by atoms with Crippen LogP contribution >= 0.6 is 7.92 Å². The molecule has 0 nitrogen and oxygen atoms in total. The summed E-state index contributed by atoms with van der Waals surface area (Å²) in [5.41, 5.74) is 2.46. The Labute approximate surface area is 82.1 Å². The van der Waals surface area contributed by atoms with Crippen molar-refractivity contribution >= 4 is 7.92 Å². The summed E-state index contributed by atoms with van der Waals surface area (Å²) in [5.74, 6) is 0. The third-order valence-electron chi connectivity index (χ3n) is 2.66. The van der Waals surface area contributed by atoms with E-state index in [0.717, 1.165) is 5.66 Å². The van der Waals surface area contributed by atoms with E-state index in [-0.39, 0.29) is 7.92 Å². The lowest BCUT2D eigenvalue weighted by molar-refractivity contribution is 0.792. The molecule has 13 heavy (non-hydrogen) atoms. The fourth-order valence-corrected chi connectivity index (χ4v) is 4.59. The molecule has 0 unspecified atom stereocenters. The van der Waals surface area contributed by atoms with E-state index in [1.54, 1.807) is 5.56 Å². The molecule has 0 saturated carbocycles. The maximum atomic E-state index is 2.38. The van der Waals surface area contributed by atoms with Crippen molar-refractivity contribution in [2.24, 2.45) is 0 Å². The summed E-state index contributed by atoms with van der Waals surface area (Å²) < 4.78 is 0. The van der Waals surface area contributed by atoms with E-state index < -0.39 is 0 Å². The van der Waals surface area contributed by atoms with Gasteiger partial charge < -0.3 is 0 Å². The highest BCUT2D eigenvalue weighted by Crippen LogP contribution is 2.75. The average molecular weight is 192 g/mol. The fraction of sp³-hybridized carbons (Fsp3) is 0.500. The highest BCUT2D eigenvalue weighted by molar-refractivity contribution is 7.67. The summed E-state index contributed by atoms with van der Waals surface area (Å²) in [6.07, 6.45) is 1.45. The van der Waals surface area contributed by atoms with Crippen LogP contribution in [0, 0.1) is 0 Å². The quantitative estimate of drug-likeness (QED) is 0.589. The second-order valence-electron chi connectivity index (χ2n) is 4.75. The van der Waals surface area contributed by atoms with Crippen LogP contribution in [0.25, 0.3) is 0 Å². The van der Waals surface area contributed by atoms with Gasteiger partial charge in [0.25, 0.3) is 0 Å². The first-order chi connectivity index (χ1) is 6.09. The van der Waals surface area contributed by atoms with Crippen molar-refractivity contribution in [3.05, 3.63) is 35.9 Å². The van der Waals surface area contributed by atoms with E-state index >= 15 is 0 Å². The lowest BCUT2D eigenvalue weighted by atomic mass is 10.2. The lowest BCUT2D eigenvalue weighted by Gasteiger charge is -2.18. The van der Waals surface area contributed by atoms with Crippen molar-refractivity contribution < 1.29 is 0 Å². The van der Waals surface area contributed by atoms with Crippen LogP contribution in [-0.4, -0.2) is 11.3 Å². The standard InChI is InChI=1S/C12H17P/c1-12(2,3)13-9-11(13)10-7-5-4-6-8-10/h4-8,11H,9H2,1-3H3/t11-,13-/m1/s1. The minimum atomic E-state index is 0.269. The number of hydrogen-bond donors (Lipinski definition) is 0. The first-order valence-corrected chi connectivity index (χ1v) is 6.50. The lowest BCUT2D eigenvalue weighted by Crippen LogP contribution is -2.04. The van der Waals surface area contributed by atoms with Gasteiger partial charge in [-0.15, -0.1) is 0 Å². The molecule has 1 heterocycles. The Morgan fingerprint density at radius 3 is 2.23 bits per heavy atom. The molecule has 1 heteroatoms. The van der Waals surface area contributed by atoms with Crippen LogP contribution in [0.2, 0.25) is 0 Å². The molecule has 0 N–H and O–H groups in total. The molecule has 70 valence electrons. The molecular weight excluding hydrogens is 175 g/mol. The van der Waals surface area contributed by atoms with Crippen LogP contribution in [0.15, 0.2) is 30.3 Å². The Balaban J connectivity index is 2.09. The van der Waals surface area contributed by atoms with Gasteiger partial charge in [-0.25, -0.2) is 0 Å². The van der Waals surface area contributed by atoms with Crippen LogP contribution in [0.4, 0.5) is 0 Å². The van der Waals surface area contributed by atoms with Gasteiger partial charge in [0.15, 0.2) is 0 Å². The van der Waals surface area contributed by atoms with E-state index in [1.165, 1.54) is 6.16 Å². The molecule has 0 aromatic heterocycles. The third-order valence-corrected chi connectivity index (χ3v) is 5.90. The van der Waals surface area contributed by atoms with Crippen molar-refractivity contribution in [3.8, 4) is 0 Å². The highest BCUT2D eigenvalue weighted by atomic mass is 31.1. The van der Waals surface area contributed by atoms with Gasteiger partial charge in [-0.2, -0.15) is 0 Å². The Morgan fingerprint density at radius 1 is 1.15 bits per heavy atom. The Bertz CT molecular complexity index is 284. The van der Waals surface area contributed by atoms with Gasteiger partial charge in [0.05, 0.1) is 0 Å². The van der Waals surface area contributed by atoms with E-state index in [9.17, 15) is 0 Å². The van der Waals surface area contributed by atoms with Crippen molar-refractivity contribution in [2.75, 3.05) is 6.16 Å². The summed E-state index contributed by atoms with van der Waals surface area (Å²) in [7, 11) is 0.269. The number of benzene rings is 1. The molecule has 0 radical (unpaired) electrons. The van der Waals surface area contributed by atoms with Gasteiger partial charge in [0, 0.05) is 5.66 Å². The average Bonchev–Trinajstić information content (AvgIpc) is 2.83. The van der Waals surface area contributed by atoms with Gasteiger partial charge in [-0.3, -0.25) is 0 Å². The fourth-order valence-electron chi connectivity index (χ4n) is 1.84. The second kappa shape index (κ2) is 3.10. The monoisotopic (exact) mass is 192 g/mol. The van der Waals surface area contributed by atoms with Crippen LogP contribution in [0.3, 0.4) is 0 Å². The van der Waals surface area contributed by atoms with Gasteiger partial charge in [0.1, 0.15) is 0 Å². The molecule has 0 spiro atoms. The molecule has 1 saturated heterocycles. The number of rotatable bonds is 1. The molecule has 0 aliphatic carbocycles. The summed E-state index contributed by atoms with van der Waals surface area (Å²) in [5, 5.41) is 0.551. The molecular formula is C12H17P. The van der Waals surface area contributed by atoms with Crippen LogP contribution in [-0.2, 0) is 0 Å². The Morgan fingerprint density at radius 2 is 1.77 bits per heavy atom. The summed E-state index contributed by atoms with van der Waals surface area (Å²) in [6.45, 7) is 7.13. The highest BCUT2D eigenvalue weighted by Gasteiger charge is 2.44. The van der Waals surface area contributed by atoms with E-state index in [1.807, 2.05) is 0 Å². The summed E-state index contributed by atoms with van der Waals surface area (Å²) in [6, 6.07) is 11.0. The molecule has 1 aromatic carbocycles. The second-order valence-corrected chi connectivity index (χ2v) is 8.02. The molecule has 2 rings (SSSR count). The van der Waals surface area contributed by atoms with E-state index in [0.29, 0.717) is 5.16 Å². The molecule has 1 aromatic rings. The minimum Gasteiger partial charge on any atom is -0.0922 e. The van der Waals surface area contributed by atoms with E-state index in [4.69, 9.17) is 0 Å². The first kappa shape index (κ1) is 9.21. The number of hydrogen-bond acceptors (Lipinski definition) is 0. The normalized spacial score (nSPS) is 27.3. The zero-order chi connectivity index (χ0) is 9.47. The summed E-state index contributed by atoms with van der Waals surface area (Å²) in [4.78, 5) is 0. The van der Waals surface area contributed by atoms with Crippen molar-refractivity contribution in [1.82, 2.24) is 0 Å². The maximum absolute atomic E-state index is 2.38. The van der Waals surface area contributed by atoms with Gasteiger partial charge >= 0.3 is 0 Å². The Kier molecular flexibility index (Phi) is 2.20. The molecule has 1 aliphatic rings. The molecule has 2 atom stereocenters. The largest absolute Gasteiger partial charge is 0.0922 e. The van der Waals surface area contributed by atoms with E-state index in [2.05, 4.69) is 51.1 Å². The van der Waals surface area contributed by atoms with Gasteiger partial charge in [-0.1, -0.05) is 59.0 Å². The predicted molar refractivity (Wildman–Crippen MR) is 60.7 cm³/mol. The maximum Gasteiger partial charge on any atom is 0.00864 e. The molecule has 1 fully saturated rings. The van der Waals surface area contributed by atoms with Gasteiger partial charge in [-0.05, 0) is 16.9 Å². The zero-order valence-corrected chi connectivity index (χ0v) is 9.51. The van der Waals surface area contributed by atoms with Crippen LogP contribution in [0.1, 0.15) is 32.0 Å². The minimum absolute atomic E-state index is 0.269. The Hall–Kier alpha value is -0.350. The van der Waals surface area contributed by atoms with Crippen molar-refractivity contribution in [2.45, 2.75) is 31.6 Å². The molecule has 1 aliphatic heterocycles. The first-order valence-electron chi connectivity index (χ1n) is 4.91. The molecule has 0 bridgehead atoms.